The molecule has 1 aromatic carbocycles. The lowest BCUT2D eigenvalue weighted by Gasteiger charge is -2.19. The van der Waals surface area contributed by atoms with Gasteiger partial charge in [0.15, 0.2) is 0 Å². The molecule has 0 radical (unpaired) electrons. The summed E-state index contributed by atoms with van der Waals surface area (Å²) >= 11 is 0. The maximum absolute atomic E-state index is 11.8. The average molecular weight is 263 g/mol. The van der Waals surface area contributed by atoms with E-state index in [0.717, 1.165) is 5.56 Å². The summed E-state index contributed by atoms with van der Waals surface area (Å²) in [5.74, 6) is -0.524. The Hall–Kier alpha value is -1.84. The van der Waals surface area contributed by atoms with Crippen molar-refractivity contribution < 1.29 is 14.3 Å². The molecule has 1 rings (SSSR count). The van der Waals surface area contributed by atoms with E-state index in [-0.39, 0.29) is 11.8 Å². The van der Waals surface area contributed by atoms with E-state index in [4.69, 9.17) is 0 Å². The van der Waals surface area contributed by atoms with Gasteiger partial charge >= 0.3 is 5.97 Å². The molecule has 1 N–H and O–H groups in total. The lowest BCUT2D eigenvalue weighted by Crippen LogP contribution is -2.45. The monoisotopic (exact) mass is 263 g/mol. The number of carbonyl (C=O) groups is 2. The Labute approximate surface area is 114 Å². The molecule has 0 aliphatic heterocycles. The van der Waals surface area contributed by atoms with E-state index < -0.39 is 12.0 Å². The van der Waals surface area contributed by atoms with Gasteiger partial charge in [-0.25, -0.2) is 4.79 Å². The highest BCUT2D eigenvalue weighted by molar-refractivity contribution is 5.84. The summed E-state index contributed by atoms with van der Waals surface area (Å²) in [6.07, 6.45) is 1.03. The maximum atomic E-state index is 11.8. The molecule has 0 spiro atoms. The Balaban J connectivity index is 2.47. The number of aryl methyl sites for hydroxylation is 1. The fourth-order valence-electron chi connectivity index (χ4n) is 1.77. The zero-order valence-electron chi connectivity index (χ0n) is 11.7. The van der Waals surface area contributed by atoms with Crippen LogP contribution in [0.25, 0.3) is 0 Å². The normalized spacial score (nSPS) is 12.0. The van der Waals surface area contributed by atoms with Crippen molar-refractivity contribution in [1.29, 1.82) is 0 Å². The third-order valence-electron chi connectivity index (χ3n) is 2.92. The number of nitrogens with one attached hydrogen (secondary N) is 1. The Kier molecular flexibility index (Phi) is 6.06. The molecule has 104 valence electrons. The van der Waals surface area contributed by atoms with Crippen LogP contribution in [0.4, 0.5) is 0 Å². The molecule has 0 heterocycles. The van der Waals surface area contributed by atoms with E-state index in [1.54, 1.807) is 0 Å². The molecule has 1 aromatic rings. The topological polar surface area (TPSA) is 55.4 Å². The molecule has 4 nitrogen and oxygen atoms in total. The predicted octanol–water partition coefficient (Wildman–Crippen LogP) is 1.93. The van der Waals surface area contributed by atoms with Crippen molar-refractivity contribution in [3.05, 3.63) is 35.9 Å². The quantitative estimate of drug-likeness (QED) is 0.798. The smallest absolute Gasteiger partial charge is 0.328 e. The Morgan fingerprint density at radius 3 is 2.37 bits per heavy atom. The van der Waals surface area contributed by atoms with Gasteiger partial charge in [0.05, 0.1) is 7.11 Å². The zero-order valence-corrected chi connectivity index (χ0v) is 11.7. The van der Waals surface area contributed by atoms with Crippen LogP contribution in [0.2, 0.25) is 0 Å². The highest BCUT2D eigenvalue weighted by Crippen LogP contribution is 2.06. The van der Waals surface area contributed by atoms with Crippen molar-refractivity contribution in [3.8, 4) is 0 Å². The second-order valence-corrected chi connectivity index (χ2v) is 4.80. The van der Waals surface area contributed by atoms with Crippen LogP contribution in [0.3, 0.4) is 0 Å². The van der Waals surface area contributed by atoms with Crippen LogP contribution < -0.4 is 5.32 Å². The van der Waals surface area contributed by atoms with Gasteiger partial charge in [-0.3, -0.25) is 4.79 Å². The third kappa shape index (κ3) is 5.12. The molecule has 0 bridgehead atoms. The molecule has 1 unspecified atom stereocenters. The second kappa shape index (κ2) is 7.56. The van der Waals surface area contributed by atoms with Crippen molar-refractivity contribution >= 4 is 11.9 Å². The Bertz CT molecular complexity index is 415. The predicted molar refractivity (Wildman–Crippen MR) is 73.5 cm³/mol. The van der Waals surface area contributed by atoms with E-state index in [1.807, 2.05) is 44.2 Å². The number of hydrogen-bond acceptors (Lipinski definition) is 3. The maximum Gasteiger partial charge on any atom is 0.328 e. The highest BCUT2D eigenvalue weighted by Gasteiger charge is 2.24. The largest absolute Gasteiger partial charge is 0.467 e. The summed E-state index contributed by atoms with van der Waals surface area (Å²) in [5.41, 5.74) is 1.11. The molecule has 4 heteroatoms. The van der Waals surface area contributed by atoms with E-state index in [2.05, 4.69) is 10.1 Å². The number of esters is 1. The first-order valence-electron chi connectivity index (χ1n) is 6.45. The molecule has 19 heavy (non-hydrogen) atoms. The van der Waals surface area contributed by atoms with Gasteiger partial charge in [-0.05, 0) is 17.9 Å². The molecular weight excluding hydrogens is 242 g/mol. The van der Waals surface area contributed by atoms with Crippen molar-refractivity contribution in [2.75, 3.05) is 7.11 Å². The van der Waals surface area contributed by atoms with Gasteiger partial charge in [0, 0.05) is 6.42 Å². The van der Waals surface area contributed by atoms with Crippen molar-refractivity contribution in [3.63, 3.8) is 0 Å². The average Bonchev–Trinajstić information content (AvgIpc) is 2.42. The minimum absolute atomic E-state index is 0.00752. The van der Waals surface area contributed by atoms with Gasteiger partial charge < -0.3 is 10.1 Å². The van der Waals surface area contributed by atoms with Gasteiger partial charge in [-0.15, -0.1) is 0 Å². The minimum Gasteiger partial charge on any atom is -0.467 e. The molecule has 1 atom stereocenters. The van der Waals surface area contributed by atoms with E-state index >= 15 is 0 Å². The van der Waals surface area contributed by atoms with E-state index in [0.29, 0.717) is 12.8 Å². The van der Waals surface area contributed by atoms with Crippen LogP contribution in [0, 0.1) is 5.92 Å². The van der Waals surface area contributed by atoms with Crippen LogP contribution in [0.15, 0.2) is 30.3 Å². The summed E-state index contributed by atoms with van der Waals surface area (Å²) in [5, 5.41) is 2.72. The number of carbonyl (C=O) groups excluding carboxylic acids is 2. The summed E-state index contributed by atoms with van der Waals surface area (Å²) < 4.78 is 4.68. The fourth-order valence-corrected chi connectivity index (χ4v) is 1.77. The zero-order chi connectivity index (χ0) is 14.3. The van der Waals surface area contributed by atoms with Crippen LogP contribution in [-0.2, 0) is 20.7 Å². The highest BCUT2D eigenvalue weighted by atomic mass is 16.5. The van der Waals surface area contributed by atoms with Crippen LogP contribution in [-0.4, -0.2) is 25.0 Å². The number of amides is 1. The lowest BCUT2D eigenvalue weighted by molar-refractivity contribution is -0.146. The SMILES string of the molecule is COC(=O)C(NC(=O)CCc1ccccc1)C(C)C. The van der Waals surface area contributed by atoms with Crippen LogP contribution in [0.5, 0.6) is 0 Å². The first-order chi connectivity index (χ1) is 9.04. The Morgan fingerprint density at radius 2 is 1.84 bits per heavy atom. The molecule has 0 aliphatic rings. The van der Waals surface area contributed by atoms with Crippen molar-refractivity contribution in [1.82, 2.24) is 5.32 Å². The first kappa shape index (κ1) is 15.2. The van der Waals surface area contributed by atoms with Crippen LogP contribution >= 0.6 is 0 Å². The standard InChI is InChI=1S/C15H21NO3/c1-11(2)14(15(18)19-3)16-13(17)10-9-12-7-5-4-6-8-12/h4-8,11,14H,9-10H2,1-3H3,(H,16,17). The molecular formula is C15H21NO3. The second-order valence-electron chi connectivity index (χ2n) is 4.80. The molecule has 1 amide bonds. The minimum atomic E-state index is -0.576. The molecule has 0 fully saturated rings. The fraction of sp³-hybridized carbons (Fsp3) is 0.467. The van der Waals surface area contributed by atoms with Gasteiger partial charge in [0.1, 0.15) is 6.04 Å². The number of methoxy groups -OCH3 is 1. The van der Waals surface area contributed by atoms with Gasteiger partial charge in [-0.1, -0.05) is 44.2 Å². The summed E-state index contributed by atoms with van der Waals surface area (Å²) in [7, 11) is 1.33. The van der Waals surface area contributed by atoms with E-state index in [1.165, 1.54) is 7.11 Å². The van der Waals surface area contributed by atoms with Crippen molar-refractivity contribution in [2.24, 2.45) is 5.92 Å². The number of hydrogen-bond donors (Lipinski definition) is 1. The molecule has 0 aliphatic carbocycles. The molecule has 0 aromatic heterocycles. The van der Waals surface area contributed by atoms with E-state index in [9.17, 15) is 9.59 Å². The Morgan fingerprint density at radius 1 is 1.21 bits per heavy atom. The van der Waals surface area contributed by atoms with Crippen LogP contribution in [0.1, 0.15) is 25.8 Å². The van der Waals surface area contributed by atoms with Crippen molar-refractivity contribution in [2.45, 2.75) is 32.7 Å². The number of rotatable bonds is 6. The van der Waals surface area contributed by atoms with Gasteiger partial charge in [0.2, 0.25) is 5.91 Å². The van der Waals surface area contributed by atoms with Gasteiger partial charge in [0.25, 0.3) is 0 Å². The lowest BCUT2D eigenvalue weighted by atomic mass is 10.0. The third-order valence-corrected chi connectivity index (χ3v) is 2.92. The number of benzene rings is 1. The summed E-state index contributed by atoms with van der Waals surface area (Å²) in [6, 6.07) is 9.21. The number of ether oxygens (including phenoxy) is 1. The van der Waals surface area contributed by atoms with Gasteiger partial charge in [-0.2, -0.15) is 0 Å². The summed E-state index contributed by atoms with van der Waals surface area (Å²) in [6.45, 7) is 3.75. The molecule has 0 saturated heterocycles. The first-order valence-corrected chi connectivity index (χ1v) is 6.45. The summed E-state index contributed by atoms with van der Waals surface area (Å²) in [4.78, 5) is 23.4. The molecule has 0 saturated carbocycles.